The monoisotopic (exact) mass is 454 g/mol. The van der Waals surface area contributed by atoms with Crippen molar-refractivity contribution in [1.29, 1.82) is 0 Å². The molecule has 0 saturated carbocycles. The lowest BCUT2D eigenvalue weighted by Crippen LogP contribution is -2.38. The van der Waals surface area contributed by atoms with Gasteiger partial charge >= 0.3 is 0 Å². The van der Waals surface area contributed by atoms with Crippen LogP contribution in [0.2, 0.25) is 0 Å². The third kappa shape index (κ3) is 6.43. The van der Waals surface area contributed by atoms with Gasteiger partial charge in [0, 0.05) is 37.7 Å². The Bertz CT molecular complexity index is 1090. The molecule has 0 unspecified atom stereocenters. The summed E-state index contributed by atoms with van der Waals surface area (Å²) in [7, 11) is 0. The third-order valence-electron chi connectivity index (χ3n) is 5.56. The minimum absolute atomic E-state index is 0.184. The van der Waals surface area contributed by atoms with Crippen molar-refractivity contribution in [3.05, 3.63) is 107 Å². The Balaban J connectivity index is 1.43. The van der Waals surface area contributed by atoms with Crippen molar-refractivity contribution in [2.24, 2.45) is 5.16 Å². The average Bonchev–Trinajstić information content (AvgIpc) is 3.25. The minimum atomic E-state index is -0.685. The number of benzene rings is 3. The van der Waals surface area contributed by atoms with E-state index in [4.69, 9.17) is 4.84 Å². The van der Waals surface area contributed by atoms with Crippen molar-refractivity contribution in [2.75, 3.05) is 13.1 Å². The smallest absolute Gasteiger partial charge is 0.145 e. The third-order valence-corrected chi connectivity index (χ3v) is 5.56. The molecule has 172 valence electrons. The predicted octanol–water partition coefficient (Wildman–Crippen LogP) is 4.70. The predicted molar refractivity (Wildman–Crippen MR) is 120 cm³/mol. The zero-order valence-electron chi connectivity index (χ0n) is 18.0. The van der Waals surface area contributed by atoms with E-state index in [0.717, 1.165) is 17.2 Å². The molecule has 4 nitrogen and oxygen atoms in total. The summed E-state index contributed by atoms with van der Waals surface area (Å²) in [4.78, 5) is 7.47. The molecule has 7 heteroatoms. The second-order valence-corrected chi connectivity index (χ2v) is 8.25. The summed E-state index contributed by atoms with van der Waals surface area (Å²) in [6.45, 7) is 0.845. The fraction of sp³-hybridized carbons (Fsp3) is 0.269. The Morgan fingerprint density at radius 2 is 1.70 bits per heavy atom. The average molecular weight is 454 g/mol. The van der Waals surface area contributed by atoms with Gasteiger partial charge < -0.3 is 9.94 Å². The van der Waals surface area contributed by atoms with E-state index in [1.807, 2.05) is 35.2 Å². The number of nitrogens with zero attached hydrogens (tertiary/aromatic N) is 2. The Labute approximate surface area is 190 Å². The molecule has 33 heavy (non-hydrogen) atoms. The number of rotatable bonds is 9. The summed E-state index contributed by atoms with van der Waals surface area (Å²) in [5.41, 5.74) is 2.81. The number of hydrogen-bond donors (Lipinski definition) is 1. The van der Waals surface area contributed by atoms with E-state index in [9.17, 15) is 18.3 Å². The van der Waals surface area contributed by atoms with E-state index >= 15 is 0 Å². The van der Waals surface area contributed by atoms with Gasteiger partial charge in [-0.1, -0.05) is 53.7 Å². The first-order chi connectivity index (χ1) is 16.0. The van der Waals surface area contributed by atoms with Gasteiger partial charge in [-0.25, -0.2) is 13.2 Å². The lowest BCUT2D eigenvalue weighted by Gasteiger charge is -2.27. The van der Waals surface area contributed by atoms with Gasteiger partial charge in [-0.05, 0) is 35.7 Å². The lowest BCUT2D eigenvalue weighted by molar-refractivity contribution is 0.0319. The number of hydrogen-bond acceptors (Lipinski definition) is 4. The molecule has 0 radical (unpaired) electrons. The Hall–Kier alpha value is -3.16. The summed E-state index contributed by atoms with van der Waals surface area (Å²) in [5, 5.41) is 14.8. The summed E-state index contributed by atoms with van der Waals surface area (Å²) in [5.74, 6) is -1.59. The van der Waals surface area contributed by atoms with Crippen LogP contribution in [0, 0.1) is 17.5 Å². The number of aliphatic hydroxyl groups is 1. The quantitative estimate of drug-likeness (QED) is 0.510. The SMILES string of the molecule is O[C@@H](Cc1ccccc1)CN(Cc1ccc(F)cc1F)C[C@@H]1CC(c2ccc(F)cc2)=NO1. The fourth-order valence-corrected chi connectivity index (χ4v) is 3.97. The molecule has 3 aromatic rings. The van der Waals surface area contributed by atoms with Crippen LogP contribution in [0.5, 0.6) is 0 Å². The molecule has 1 aliphatic rings. The van der Waals surface area contributed by atoms with Crippen LogP contribution in [-0.2, 0) is 17.8 Å². The van der Waals surface area contributed by atoms with E-state index in [1.165, 1.54) is 24.3 Å². The van der Waals surface area contributed by atoms with Crippen LogP contribution in [0.4, 0.5) is 13.2 Å². The molecule has 4 rings (SSSR count). The molecule has 0 bridgehead atoms. The van der Waals surface area contributed by atoms with E-state index < -0.39 is 17.7 Å². The standard InChI is InChI=1S/C26H25F3N2O2/c27-21-9-6-19(7-10-21)26-14-24(33-30-26)17-31(15-20-8-11-22(28)13-25(20)29)16-23(32)12-18-4-2-1-3-5-18/h1-11,13,23-24,32H,12,14-17H2/t23-,24-/m0/s1. The first-order valence-corrected chi connectivity index (χ1v) is 10.8. The molecule has 3 aromatic carbocycles. The normalized spacial score (nSPS) is 16.5. The highest BCUT2D eigenvalue weighted by Crippen LogP contribution is 2.20. The molecule has 0 saturated heterocycles. The first-order valence-electron chi connectivity index (χ1n) is 10.8. The summed E-state index contributed by atoms with van der Waals surface area (Å²) >= 11 is 0. The highest BCUT2D eigenvalue weighted by Gasteiger charge is 2.26. The molecular weight excluding hydrogens is 429 g/mol. The summed E-state index contributed by atoms with van der Waals surface area (Å²) in [6.07, 6.45) is -0.0400. The topological polar surface area (TPSA) is 45.1 Å². The van der Waals surface area contributed by atoms with Crippen LogP contribution in [0.25, 0.3) is 0 Å². The maximum atomic E-state index is 14.3. The van der Waals surface area contributed by atoms with Crippen molar-refractivity contribution >= 4 is 5.71 Å². The van der Waals surface area contributed by atoms with Crippen molar-refractivity contribution in [1.82, 2.24) is 4.90 Å². The maximum Gasteiger partial charge on any atom is 0.145 e. The van der Waals surface area contributed by atoms with E-state index in [1.54, 1.807) is 12.1 Å². The van der Waals surface area contributed by atoms with Gasteiger partial charge in [0.15, 0.2) is 0 Å². The highest BCUT2D eigenvalue weighted by atomic mass is 19.1. The Morgan fingerprint density at radius 1 is 0.970 bits per heavy atom. The Morgan fingerprint density at radius 3 is 2.42 bits per heavy atom. The van der Waals surface area contributed by atoms with Crippen LogP contribution in [0.3, 0.4) is 0 Å². The van der Waals surface area contributed by atoms with Crippen molar-refractivity contribution < 1.29 is 23.1 Å². The molecule has 0 aromatic heterocycles. The summed E-state index contributed by atoms with van der Waals surface area (Å²) in [6, 6.07) is 19.1. The van der Waals surface area contributed by atoms with Crippen molar-refractivity contribution in [2.45, 2.75) is 31.6 Å². The molecule has 1 heterocycles. The molecule has 0 aliphatic carbocycles. The van der Waals surface area contributed by atoms with E-state index in [-0.39, 0.29) is 25.0 Å². The number of halogens is 3. The number of aliphatic hydroxyl groups excluding tert-OH is 1. The maximum absolute atomic E-state index is 14.3. The lowest BCUT2D eigenvalue weighted by atomic mass is 10.0. The molecule has 1 aliphatic heterocycles. The van der Waals surface area contributed by atoms with Gasteiger partial charge in [-0.15, -0.1) is 0 Å². The van der Waals surface area contributed by atoms with Crippen LogP contribution in [-0.4, -0.2) is 41.0 Å². The van der Waals surface area contributed by atoms with Gasteiger partial charge in [0.05, 0.1) is 11.8 Å². The fourth-order valence-electron chi connectivity index (χ4n) is 3.97. The highest BCUT2D eigenvalue weighted by molar-refractivity contribution is 6.01. The van der Waals surface area contributed by atoms with Crippen LogP contribution < -0.4 is 0 Å². The van der Waals surface area contributed by atoms with Gasteiger partial charge in [-0.3, -0.25) is 4.90 Å². The minimum Gasteiger partial charge on any atom is -0.391 e. The molecule has 2 atom stereocenters. The zero-order chi connectivity index (χ0) is 23.2. The first kappa shape index (κ1) is 23.0. The molecule has 0 fully saturated rings. The largest absolute Gasteiger partial charge is 0.391 e. The van der Waals surface area contributed by atoms with Gasteiger partial charge in [-0.2, -0.15) is 0 Å². The van der Waals surface area contributed by atoms with Crippen molar-refractivity contribution in [3.63, 3.8) is 0 Å². The van der Waals surface area contributed by atoms with E-state index in [0.29, 0.717) is 30.7 Å². The Kier molecular flexibility index (Phi) is 7.42. The van der Waals surface area contributed by atoms with Crippen LogP contribution >= 0.6 is 0 Å². The van der Waals surface area contributed by atoms with Gasteiger partial charge in [0.2, 0.25) is 0 Å². The second-order valence-electron chi connectivity index (χ2n) is 8.25. The van der Waals surface area contributed by atoms with Crippen molar-refractivity contribution in [3.8, 4) is 0 Å². The van der Waals surface area contributed by atoms with Crippen LogP contribution in [0.15, 0.2) is 78.0 Å². The molecular formula is C26H25F3N2O2. The van der Waals surface area contributed by atoms with E-state index in [2.05, 4.69) is 5.16 Å². The second kappa shape index (κ2) is 10.6. The summed E-state index contributed by atoms with van der Waals surface area (Å²) < 4.78 is 40.9. The molecule has 1 N–H and O–H groups in total. The van der Waals surface area contributed by atoms with Gasteiger partial charge in [0.25, 0.3) is 0 Å². The molecule has 0 spiro atoms. The van der Waals surface area contributed by atoms with Crippen LogP contribution in [0.1, 0.15) is 23.1 Å². The number of oxime groups is 1. The van der Waals surface area contributed by atoms with Gasteiger partial charge in [0.1, 0.15) is 23.6 Å². The zero-order valence-corrected chi connectivity index (χ0v) is 18.0. The molecule has 0 amide bonds.